The van der Waals surface area contributed by atoms with Crippen LogP contribution < -0.4 is 4.90 Å². The monoisotopic (exact) mass is 412 g/mol. The summed E-state index contributed by atoms with van der Waals surface area (Å²) in [4.78, 5) is 20.3. The van der Waals surface area contributed by atoms with Gasteiger partial charge in [0.25, 0.3) is 5.91 Å². The van der Waals surface area contributed by atoms with E-state index in [2.05, 4.69) is 11.9 Å². The lowest BCUT2D eigenvalue weighted by atomic mass is 10.2. The number of carbonyl (C=O) groups excluding carboxylic acids is 1. The Morgan fingerprint density at radius 1 is 1.21 bits per heavy atom. The summed E-state index contributed by atoms with van der Waals surface area (Å²) in [5.41, 5.74) is 0.833. The van der Waals surface area contributed by atoms with Crippen LogP contribution in [0.4, 0.5) is 9.52 Å². The number of anilines is 1. The topological polar surface area (TPSA) is 46.3 Å². The van der Waals surface area contributed by atoms with E-state index in [0.717, 1.165) is 10.6 Å². The van der Waals surface area contributed by atoms with Crippen LogP contribution in [0, 0.1) is 5.82 Å². The second-order valence-electron chi connectivity index (χ2n) is 6.01. The van der Waals surface area contributed by atoms with Crippen molar-refractivity contribution in [2.75, 3.05) is 10.7 Å². The van der Waals surface area contributed by atoms with Crippen LogP contribution in [0.5, 0.6) is 0 Å². The Hall–Kier alpha value is -2.64. The van der Waals surface area contributed by atoms with E-state index in [1.165, 1.54) is 17.4 Å². The number of halogens is 1. The highest BCUT2D eigenvalue weighted by atomic mass is 32.2. The molecule has 1 amide bonds. The molecule has 0 bridgehead atoms. The summed E-state index contributed by atoms with van der Waals surface area (Å²) in [7, 11) is 0. The molecule has 0 saturated heterocycles. The van der Waals surface area contributed by atoms with Crippen molar-refractivity contribution in [2.24, 2.45) is 0 Å². The molecular weight excluding hydrogens is 395 g/mol. The fourth-order valence-corrected chi connectivity index (χ4v) is 4.54. The van der Waals surface area contributed by atoms with E-state index >= 15 is 0 Å². The summed E-state index contributed by atoms with van der Waals surface area (Å²) < 4.78 is 20.3. The summed E-state index contributed by atoms with van der Waals surface area (Å²) in [6.45, 7) is 2.29. The molecule has 0 aliphatic rings. The zero-order chi connectivity index (χ0) is 19.5. The highest BCUT2D eigenvalue weighted by Gasteiger charge is 2.23. The minimum atomic E-state index is -0.397. The van der Waals surface area contributed by atoms with Gasteiger partial charge in [-0.3, -0.25) is 9.69 Å². The van der Waals surface area contributed by atoms with Crippen molar-refractivity contribution in [3.05, 3.63) is 78.0 Å². The number of rotatable bonds is 6. The number of amides is 1. The number of carbonyl (C=O) groups is 1. The van der Waals surface area contributed by atoms with E-state index in [0.29, 0.717) is 21.2 Å². The Labute approximate surface area is 170 Å². The molecule has 0 radical (unpaired) electrons. The first-order chi connectivity index (χ1) is 13.7. The fourth-order valence-electron chi connectivity index (χ4n) is 2.84. The van der Waals surface area contributed by atoms with Crippen molar-refractivity contribution < 1.29 is 13.6 Å². The molecule has 4 aromatic rings. The Kier molecular flexibility index (Phi) is 5.45. The van der Waals surface area contributed by atoms with Gasteiger partial charge >= 0.3 is 0 Å². The van der Waals surface area contributed by atoms with Crippen LogP contribution in [0.3, 0.4) is 0 Å². The van der Waals surface area contributed by atoms with Gasteiger partial charge in [0.2, 0.25) is 0 Å². The number of benzene rings is 2. The van der Waals surface area contributed by atoms with Crippen LogP contribution in [0.2, 0.25) is 0 Å². The van der Waals surface area contributed by atoms with Crippen molar-refractivity contribution in [3.8, 4) is 0 Å². The third-order valence-corrected chi connectivity index (χ3v) is 6.04. The van der Waals surface area contributed by atoms with Crippen LogP contribution in [0.25, 0.3) is 10.2 Å². The molecule has 4 rings (SSSR count). The van der Waals surface area contributed by atoms with Gasteiger partial charge in [0.1, 0.15) is 17.1 Å². The fraction of sp³-hybridized carbons (Fsp3) is 0.143. The van der Waals surface area contributed by atoms with E-state index in [1.54, 1.807) is 53.3 Å². The van der Waals surface area contributed by atoms with Crippen molar-refractivity contribution >= 4 is 44.4 Å². The third kappa shape index (κ3) is 3.81. The number of hydrogen-bond donors (Lipinski definition) is 0. The first-order valence-corrected chi connectivity index (χ1v) is 10.6. The smallest absolute Gasteiger partial charge is 0.260 e. The van der Waals surface area contributed by atoms with Gasteiger partial charge in [-0.2, -0.15) is 0 Å². The Morgan fingerprint density at radius 2 is 2.07 bits per heavy atom. The molecule has 0 saturated carbocycles. The molecule has 0 unspecified atom stereocenters. The number of thioether (sulfide) groups is 1. The molecule has 0 N–H and O–H groups in total. The Bertz CT molecular complexity index is 1110. The molecule has 28 heavy (non-hydrogen) atoms. The van der Waals surface area contributed by atoms with Crippen LogP contribution in [0.1, 0.15) is 23.0 Å². The van der Waals surface area contributed by atoms with E-state index in [-0.39, 0.29) is 18.0 Å². The van der Waals surface area contributed by atoms with Crippen molar-refractivity contribution in [1.82, 2.24) is 4.98 Å². The molecule has 2 aromatic carbocycles. The average Bonchev–Trinajstić information content (AvgIpc) is 3.36. The average molecular weight is 413 g/mol. The molecule has 0 spiro atoms. The van der Waals surface area contributed by atoms with Gasteiger partial charge < -0.3 is 4.42 Å². The van der Waals surface area contributed by atoms with Crippen LogP contribution >= 0.6 is 23.1 Å². The number of furan rings is 1. The molecule has 142 valence electrons. The normalized spacial score (nSPS) is 11.1. The van der Waals surface area contributed by atoms with Gasteiger partial charge in [-0.1, -0.05) is 30.4 Å². The number of thiazole rings is 1. The molecule has 0 aliphatic heterocycles. The number of fused-ring (bicyclic) bond motifs is 1. The lowest BCUT2D eigenvalue weighted by molar-refractivity contribution is 0.0983. The molecule has 2 aromatic heterocycles. The van der Waals surface area contributed by atoms with Crippen LogP contribution in [0.15, 0.2) is 70.2 Å². The van der Waals surface area contributed by atoms with E-state index in [1.807, 2.05) is 18.2 Å². The lowest BCUT2D eigenvalue weighted by Gasteiger charge is -2.19. The molecule has 4 nitrogen and oxygen atoms in total. The Morgan fingerprint density at radius 3 is 2.82 bits per heavy atom. The minimum Gasteiger partial charge on any atom is -0.467 e. The van der Waals surface area contributed by atoms with Gasteiger partial charge in [0.15, 0.2) is 5.13 Å². The van der Waals surface area contributed by atoms with Crippen LogP contribution in [-0.2, 0) is 6.54 Å². The quantitative estimate of drug-likeness (QED) is 0.365. The van der Waals surface area contributed by atoms with Gasteiger partial charge in [-0.15, -0.1) is 11.8 Å². The summed E-state index contributed by atoms with van der Waals surface area (Å²) in [6, 6.07) is 15.9. The van der Waals surface area contributed by atoms with Crippen molar-refractivity contribution in [2.45, 2.75) is 18.4 Å². The SMILES string of the molecule is CCSc1cccc(C(=O)N(Cc2ccco2)c2nc3c(F)cccc3s2)c1. The molecule has 0 atom stereocenters. The zero-order valence-electron chi connectivity index (χ0n) is 15.1. The van der Waals surface area contributed by atoms with E-state index in [9.17, 15) is 9.18 Å². The highest BCUT2D eigenvalue weighted by Crippen LogP contribution is 2.32. The summed E-state index contributed by atoms with van der Waals surface area (Å²) in [6.07, 6.45) is 1.56. The number of nitrogens with zero attached hydrogens (tertiary/aromatic N) is 2. The first-order valence-electron chi connectivity index (χ1n) is 8.78. The second-order valence-corrected chi connectivity index (χ2v) is 8.36. The molecule has 0 fully saturated rings. The number of aromatic nitrogens is 1. The molecule has 0 aliphatic carbocycles. The summed E-state index contributed by atoms with van der Waals surface area (Å²) in [5.74, 6) is 0.957. The molecule has 2 heterocycles. The highest BCUT2D eigenvalue weighted by molar-refractivity contribution is 7.99. The van der Waals surface area contributed by atoms with Gasteiger partial charge in [-0.05, 0) is 48.2 Å². The summed E-state index contributed by atoms with van der Waals surface area (Å²) in [5, 5.41) is 0.440. The number of hydrogen-bond acceptors (Lipinski definition) is 5. The minimum absolute atomic E-state index is 0.200. The van der Waals surface area contributed by atoms with Crippen LogP contribution in [-0.4, -0.2) is 16.6 Å². The summed E-state index contributed by atoms with van der Waals surface area (Å²) >= 11 is 2.96. The lowest BCUT2D eigenvalue weighted by Crippen LogP contribution is -2.30. The second kappa shape index (κ2) is 8.16. The zero-order valence-corrected chi connectivity index (χ0v) is 16.7. The van der Waals surface area contributed by atoms with Gasteiger partial charge in [0.05, 0.1) is 17.5 Å². The van der Waals surface area contributed by atoms with Crippen molar-refractivity contribution in [1.29, 1.82) is 0 Å². The maximum absolute atomic E-state index is 14.1. The maximum Gasteiger partial charge on any atom is 0.260 e. The van der Waals surface area contributed by atoms with E-state index < -0.39 is 5.82 Å². The largest absolute Gasteiger partial charge is 0.467 e. The molecular formula is C21H17FN2O2S2. The van der Waals surface area contributed by atoms with Crippen molar-refractivity contribution in [3.63, 3.8) is 0 Å². The maximum atomic E-state index is 14.1. The van der Waals surface area contributed by atoms with Gasteiger partial charge in [0, 0.05) is 10.5 Å². The first kappa shape index (κ1) is 18.7. The van der Waals surface area contributed by atoms with Gasteiger partial charge in [-0.25, -0.2) is 9.37 Å². The standard InChI is InChI=1S/C21H17FN2O2S2/c1-2-27-16-8-3-6-14(12-16)20(25)24(13-15-7-5-11-26-15)21-23-19-17(22)9-4-10-18(19)28-21/h3-12H,2,13H2,1H3. The van der Waals surface area contributed by atoms with E-state index in [4.69, 9.17) is 4.42 Å². The predicted molar refractivity (Wildman–Crippen MR) is 112 cm³/mol. The molecule has 7 heteroatoms. The predicted octanol–water partition coefficient (Wildman–Crippen LogP) is 5.99. The third-order valence-electron chi connectivity index (χ3n) is 4.12. The number of para-hydroxylation sites is 1. The Balaban J connectivity index is 1.75.